The SMILES string of the molecule is Cc1nn(CCCCN2CCNCC2)c2cc(C(=O)Nc3cc4[nH]c([C@H]5CCCN5C)cc4cn3)ccc12. The number of fused-ring (bicyclic) bond motifs is 2. The van der Waals surface area contributed by atoms with Crippen LogP contribution in [0.1, 0.15) is 53.5 Å². The predicted molar refractivity (Wildman–Crippen MR) is 152 cm³/mol. The number of carbonyl (C=O) groups is 1. The van der Waals surface area contributed by atoms with Crippen LogP contribution in [0.15, 0.2) is 36.5 Å². The lowest BCUT2D eigenvalue weighted by Gasteiger charge is -2.27. The van der Waals surface area contributed by atoms with Gasteiger partial charge in [0.2, 0.25) is 0 Å². The van der Waals surface area contributed by atoms with Crippen molar-refractivity contribution in [1.29, 1.82) is 0 Å². The minimum atomic E-state index is -0.162. The number of nitrogens with zero attached hydrogens (tertiary/aromatic N) is 5. The van der Waals surface area contributed by atoms with Crippen LogP contribution >= 0.6 is 0 Å². The molecule has 0 radical (unpaired) electrons. The average molecular weight is 515 g/mol. The lowest BCUT2D eigenvalue weighted by molar-refractivity contribution is 0.102. The van der Waals surface area contributed by atoms with Crippen LogP contribution in [0.2, 0.25) is 0 Å². The van der Waals surface area contributed by atoms with Crippen molar-refractivity contribution in [2.75, 3.05) is 51.6 Å². The molecule has 0 bridgehead atoms. The second-order valence-electron chi connectivity index (χ2n) is 10.8. The Hall–Kier alpha value is -3.27. The normalized spacial score (nSPS) is 19.1. The third kappa shape index (κ3) is 5.18. The molecule has 3 N–H and O–H groups in total. The molecule has 3 aromatic heterocycles. The molecule has 0 spiro atoms. The Morgan fingerprint density at radius 2 is 1.95 bits per heavy atom. The Morgan fingerprint density at radius 3 is 2.76 bits per heavy atom. The van der Waals surface area contributed by atoms with Crippen molar-refractivity contribution in [2.45, 2.75) is 45.2 Å². The van der Waals surface area contributed by atoms with Gasteiger partial charge in [-0.3, -0.25) is 14.4 Å². The standard InChI is InChI=1S/C29H38N8O/c1-20-23-8-7-21(17-27(23)37(34-20)13-4-3-12-36-14-9-30-10-15-36)29(38)33-28-18-24-22(19-31-28)16-25(32-24)26-6-5-11-35(26)2/h7-8,16-19,26,30,32H,3-6,9-15H2,1-2H3,(H,31,33,38)/t26-/m1/s1. The first-order chi connectivity index (χ1) is 18.5. The number of amides is 1. The van der Waals surface area contributed by atoms with Gasteiger partial charge in [-0.2, -0.15) is 5.10 Å². The highest BCUT2D eigenvalue weighted by molar-refractivity contribution is 6.06. The molecule has 1 atom stereocenters. The summed E-state index contributed by atoms with van der Waals surface area (Å²) in [6, 6.07) is 10.4. The molecule has 2 aliphatic rings. The van der Waals surface area contributed by atoms with E-state index in [4.69, 9.17) is 5.10 Å². The van der Waals surface area contributed by atoms with E-state index in [0.29, 0.717) is 17.4 Å². The molecule has 38 heavy (non-hydrogen) atoms. The van der Waals surface area contributed by atoms with Gasteiger partial charge in [-0.05, 0) is 70.9 Å². The van der Waals surface area contributed by atoms with Crippen LogP contribution < -0.4 is 10.6 Å². The smallest absolute Gasteiger partial charge is 0.256 e. The molecule has 0 unspecified atom stereocenters. The van der Waals surface area contributed by atoms with Crippen molar-refractivity contribution in [3.05, 3.63) is 53.5 Å². The Balaban J connectivity index is 1.13. The maximum absolute atomic E-state index is 13.2. The summed E-state index contributed by atoms with van der Waals surface area (Å²) in [6.45, 7) is 9.57. The van der Waals surface area contributed by atoms with E-state index >= 15 is 0 Å². The summed E-state index contributed by atoms with van der Waals surface area (Å²) in [5, 5.41) is 13.3. The van der Waals surface area contributed by atoms with Crippen LogP contribution in [-0.4, -0.2) is 81.8 Å². The highest BCUT2D eigenvalue weighted by Crippen LogP contribution is 2.32. The Kier molecular flexibility index (Phi) is 7.14. The van der Waals surface area contributed by atoms with Crippen molar-refractivity contribution in [1.82, 2.24) is 34.9 Å². The molecule has 9 heteroatoms. The number of unbranched alkanes of at least 4 members (excludes halogenated alkanes) is 1. The molecule has 1 amide bonds. The van der Waals surface area contributed by atoms with Crippen molar-refractivity contribution >= 4 is 33.5 Å². The minimum Gasteiger partial charge on any atom is -0.357 e. The number of nitrogens with one attached hydrogen (secondary N) is 3. The third-order valence-corrected chi connectivity index (χ3v) is 8.15. The maximum atomic E-state index is 13.2. The number of carbonyl (C=O) groups excluding carboxylic acids is 1. The first-order valence-electron chi connectivity index (χ1n) is 14.0. The molecule has 200 valence electrons. The number of hydrogen-bond acceptors (Lipinski definition) is 6. The molecule has 5 heterocycles. The lowest BCUT2D eigenvalue weighted by atomic mass is 10.1. The number of aromatic nitrogens is 4. The number of aromatic amines is 1. The number of rotatable bonds is 8. The highest BCUT2D eigenvalue weighted by Gasteiger charge is 2.24. The monoisotopic (exact) mass is 514 g/mol. The fraction of sp³-hybridized carbons (Fsp3) is 0.483. The maximum Gasteiger partial charge on any atom is 0.256 e. The number of likely N-dealkylation sites (tertiary alicyclic amines) is 1. The molecule has 2 aliphatic heterocycles. The van der Waals surface area contributed by atoms with Gasteiger partial charge in [0.15, 0.2) is 0 Å². The molecule has 2 fully saturated rings. The van der Waals surface area contributed by atoms with Crippen molar-refractivity contribution < 1.29 is 4.79 Å². The predicted octanol–water partition coefficient (Wildman–Crippen LogP) is 3.93. The zero-order chi connectivity index (χ0) is 26.1. The van der Waals surface area contributed by atoms with Crippen LogP contribution in [0.4, 0.5) is 5.82 Å². The molecule has 1 aromatic carbocycles. The molecular formula is C29H38N8O. The quantitative estimate of drug-likeness (QED) is 0.309. The number of hydrogen-bond donors (Lipinski definition) is 3. The number of H-pyrrole nitrogens is 1. The van der Waals surface area contributed by atoms with Crippen molar-refractivity contribution in [3.63, 3.8) is 0 Å². The van der Waals surface area contributed by atoms with E-state index in [1.165, 1.54) is 12.1 Å². The Labute approximate surface area is 223 Å². The van der Waals surface area contributed by atoms with Gasteiger partial charge in [-0.1, -0.05) is 6.07 Å². The van der Waals surface area contributed by atoms with E-state index in [1.54, 1.807) is 0 Å². The number of piperazine rings is 1. The van der Waals surface area contributed by atoms with Crippen LogP contribution in [0, 0.1) is 6.92 Å². The van der Waals surface area contributed by atoms with Crippen LogP contribution in [0.25, 0.3) is 21.8 Å². The summed E-state index contributed by atoms with van der Waals surface area (Å²) < 4.78 is 2.06. The van der Waals surface area contributed by atoms with Gasteiger partial charge in [0, 0.05) is 73.1 Å². The fourth-order valence-corrected chi connectivity index (χ4v) is 5.97. The summed E-state index contributed by atoms with van der Waals surface area (Å²) in [6.07, 6.45) is 6.42. The highest BCUT2D eigenvalue weighted by atomic mass is 16.1. The summed E-state index contributed by atoms with van der Waals surface area (Å²) >= 11 is 0. The summed E-state index contributed by atoms with van der Waals surface area (Å²) in [7, 11) is 2.17. The van der Waals surface area contributed by atoms with E-state index in [2.05, 4.69) is 48.2 Å². The number of benzene rings is 1. The molecule has 9 nitrogen and oxygen atoms in total. The summed E-state index contributed by atoms with van der Waals surface area (Å²) in [5.74, 6) is 0.388. The summed E-state index contributed by atoms with van der Waals surface area (Å²) in [4.78, 5) is 26.2. The molecule has 0 aliphatic carbocycles. The second-order valence-corrected chi connectivity index (χ2v) is 10.8. The van der Waals surface area contributed by atoms with E-state index in [1.807, 2.05) is 37.4 Å². The Bertz CT molecular complexity index is 1430. The average Bonchev–Trinajstić information content (AvgIpc) is 3.63. The van der Waals surface area contributed by atoms with E-state index < -0.39 is 0 Å². The number of aryl methyl sites for hydroxylation is 2. The van der Waals surface area contributed by atoms with Crippen molar-refractivity contribution in [3.8, 4) is 0 Å². The number of pyridine rings is 1. The van der Waals surface area contributed by atoms with E-state index in [9.17, 15) is 4.79 Å². The second kappa shape index (κ2) is 10.8. The first kappa shape index (κ1) is 25.0. The molecule has 2 saturated heterocycles. The van der Waals surface area contributed by atoms with Crippen LogP contribution in [0.3, 0.4) is 0 Å². The van der Waals surface area contributed by atoms with Gasteiger partial charge in [0.05, 0.1) is 16.7 Å². The van der Waals surface area contributed by atoms with Crippen molar-refractivity contribution in [2.24, 2.45) is 0 Å². The van der Waals surface area contributed by atoms with Gasteiger partial charge in [-0.15, -0.1) is 0 Å². The van der Waals surface area contributed by atoms with Gasteiger partial charge >= 0.3 is 0 Å². The zero-order valence-electron chi connectivity index (χ0n) is 22.5. The third-order valence-electron chi connectivity index (χ3n) is 8.15. The van der Waals surface area contributed by atoms with Gasteiger partial charge in [0.25, 0.3) is 5.91 Å². The van der Waals surface area contributed by atoms with E-state index in [0.717, 1.165) is 92.6 Å². The summed E-state index contributed by atoms with van der Waals surface area (Å²) in [5.41, 5.74) is 4.83. The Morgan fingerprint density at radius 1 is 1.11 bits per heavy atom. The zero-order valence-corrected chi connectivity index (χ0v) is 22.5. The largest absolute Gasteiger partial charge is 0.357 e. The van der Waals surface area contributed by atoms with E-state index in [-0.39, 0.29) is 5.91 Å². The topological polar surface area (TPSA) is 94.1 Å². The van der Waals surface area contributed by atoms with Crippen LogP contribution in [-0.2, 0) is 6.54 Å². The molecular weight excluding hydrogens is 476 g/mol. The fourth-order valence-electron chi connectivity index (χ4n) is 5.97. The molecule has 4 aromatic rings. The minimum absolute atomic E-state index is 0.162. The molecule has 6 rings (SSSR count). The lowest BCUT2D eigenvalue weighted by Crippen LogP contribution is -2.43. The van der Waals surface area contributed by atoms with Gasteiger partial charge in [0.1, 0.15) is 5.82 Å². The van der Waals surface area contributed by atoms with Gasteiger partial charge in [-0.25, -0.2) is 4.98 Å². The van der Waals surface area contributed by atoms with Crippen LogP contribution in [0.5, 0.6) is 0 Å². The molecule has 0 saturated carbocycles. The first-order valence-corrected chi connectivity index (χ1v) is 14.0. The van der Waals surface area contributed by atoms with Gasteiger partial charge < -0.3 is 20.5 Å². The number of anilines is 1.